The Balaban J connectivity index is 2.25. The Morgan fingerprint density at radius 1 is 1.10 bits per heavy atom. The Kier molecular flexibility index (Phi) is 5.66. The van der Waals surface area contributed by atoms with E-state index in [9.17, 15) is 0 Å². The molecule has 0 saturated carbocycles. The van der Waals surface area contributed by atoms with Gasteiger partial charge in [0.2, 0.25) is 0 Å². The van der Waals surface area contributed by atoms with Gasteiger partial charge in [-0.2, -0.15) is 0 Å². The van der Waals surface area contributed by atoms with Gasteiger partial charge in [-0.25, -0.2) is 0 Å². The summed E-state index contributed by atoms with van der Waals surface area (Å²) in [6.07, 6.45) is 6.01. The minimum Gasteiger partial charge on any atom is -0.347 e. The zero-order chi connectivity index (χ0) is 14.4. The highest BCUT2D eigenvalue weighted by atomic mass is 15.0. The van der Waals surface area contributed by atoms with Crippen LogP contribution in [-0.4, -0.2) is 17.7 Å². The van der Waals surface area contributed by atoms with Gasteiger partial charge in [0.15, 0.2) is 0 Å². The molecule has 0 aliphatic rings. The predicted octanol–water partition coefficient (Wildman–Crippen LogP) is 4.23. The van der Waals surface area contributed by atoms with E-state index >= 15 is 0 Å². The number of para-hydroxylation sites is 1. The number of benzene rings is 1. The number of nitrogens with one attached hydrogen (secondary N) is 1. The Bertz CT molecular complexity index is 523. The minimum absolute atomic E-state index is 0.785. The minimum atomic E-state index is 0.785. The summed E-state index contributed by atoms with van der Waals surface area (Å²) >= 11 is 0. The van der Waals surface area contributed by atoms with Gasteiger partial charge >= 0.3 is 0 Å². The van der Waals surface area contributed by atoms with E-state index in [1.165, 1.54) is 29.3 Å². The van der Waals surface area contributed by atoms with Crippen LogP contribution in [0, 0.1) is 5.92 Å². The number of hydrogen-bond acceptors (Lipinski definition) is 1. The van der Waals surface area contributed by atoms with Gasteiger partial charge in [-0.15, -0.1) is 0 Å². The normalized spacial score (nSPS) is 11.6. The predicted molar refractivity (Wildman–Crippen MR) is 88.3 cm³/mol. The smallest absolute Gasteiger partial charge is 0.0483 e. The van der Waals surface area contributed by atoms with Crippen molar-refractivity contribution in [3.05, 3.63) is 36.0 Å². The Morgan fingerprint density at radius 3 is 2.55 bits per heavy atom. The van der Waals surface area contributed by atoms with E-state index in [1.807, 2.05) is 0 Å². The fourth-order valence-corrected chi connectivity index (χ4v) is 2.90. The van der Waals surface area contributed by atoms with Crippen LogP contribution in [0.3, 0.4) is 0 Å². The maximum atomic E-state index is 3.42. The lowest BCUT2D eigenvalue weighted by molar-refractivity contribution is 0.425. The van der Waals surface area contributed by atoms with E-state index in [1.54, 1.807) is 0 Å². The monoisotopic (exact) mass is 272 g/mol. The van der Waals surface area contributed by atoms with Gasteiger partial charge in [0.1, 0.15) is 0 Å². The second-order valence-corrected chi connectivity index (χ2v) is 5.61. The number of likely N-dealkylation sites (N-methyl/N-ethyl adjacent to an activating group) is 1. The van der Waals surface area contributed by atoms with E-state index in [-0.39, 0.29) is 0 Å². The molecule has 2 nitrogen and oxygen atoms in total. The summed E-state index contributed by atoms with van der Waals surface area (Å²) in [6.45, 7) is 10.0. The first-order valence-electron chi connectivity index (χ1n) is 8.07. The molecule has 2 rings (SSSR count). The highest BCUT2D eigenvalue weighted by Crippen LogP contribution is 2.24. The summed E-state index contributed by atoms with van der Waals surface area (Å²) in [6, 6.07) is 8.83. The lowest BCUT2D eigenvalue weighted by Crippen LogP contribution is -2.15. The summed E-state index contributed by atoms with van der Waals surface area (Å²) in [5.74, 6) is 0.785. The van der Waals surface area contributed by atoms with Crippen molar-refractivity contribution in [1.82, 2.24) is 9.88 Å². The molecule has 0 atom stereocenters. The van der Waals surface area contributed by atoms with Crippen molar-refractivity contribution in [2.24, 2.45) is 5.92 Å². The van der Waals surface area contributed by atoms with Gasteiger partial charge in [-0.05, 0) is 37.1 Å². The third-order valence-corrected chi connectivity index (χ3v) is 4.30. The largest absolute Gasteiger partial charge is 0.347 e. The molecule has 1 aromatic carbocycles. The summed E-state index contributed by atoms with van der Waals surface area (Å²) in [5.41, 5.74) is 2.87. The van der Waals surface area contributed by atoms with Crippen LogP contribution in [-0.2, 0) is 13.0 Å². The molecule has 1 heterocycles. The van der Waals surface area contributed by atoms with E-state index in [2.05, 4.69) is 61.1 Å². The van der Waals surface area contributed by atoms with Crippen LogP contribution in [0.4, 0.5) is 0 Å². The quantitative estimate of drug-likeness (QED) is 0.712. The third kappa shape index (κ3) is 3.43. The maximum absolute atomic E-state index is 3.42. The first kappa shape index (κ1) is 15.1. The molecule has 0 aliphatic heterocycles. The molecule has 2 aromatic rings. The van der Waals surface area contributed by atoms with Gasteiger partial charge in [0.05, 0.1) is 0 Å². The van der Waals surface area contributed by atoms with Crippen LogP contribution < -0.4 is 5.32 Å². The molecule has 0 aliphatic carbocycles. The molecule has 0 spiro atoms. The average molecular weight is 272 g/mol. The van der Waals surface area contributed by atoms with Crippen molar-refractivity contribution in [2.45, 2.75) is 46.6 Å². The van der Waals surface area contributed by atoms with Crippen LogP contribution in [0.25, 0.3) is 10.9 Å². The second kappa shape index (κ2) is 7.49. The van der Waals surface area contributed by atoms with Crippen molar-refractivity contribution < 1.29 is 0 Å². The summed E-state index contributed by atoms with van der Waals surface area (Å²) in [5, 5.41) is 4.85. The van der Waals surface area contributed by atoms with Gasteiger partial charge in [0, 0.05) is 23.6 Å². The van der Waals surface area contributed by atoms with E-state index < -0.39 is 0 Å². The second-order valence-electron chi connectivity index (χ2n) is 5.61. The van der Waals surface area contributed by atoms with Crippen molar-refractivity contribution in [2.75, 3.05) is 13.1 Å². The topological polar surface area (TPSA) is 17.0 Å². The number of nitrogens with zero attached hydrogens (tertiary/aromatic N) is 1. The molecule has 0 unspecified atom stereocenters. The summed E-state index contributed by atoms with van der Waals surface area (Å²) < 4.78 is 2.47. The Morgan fingerprint density at radius 2 is 1.85 bits per heavy atom. The van der Waals surface area contributed by atoms with Crippen molar-refractivity contribution in [3.63, 3.8) is 0 Å². The van der Waals surface area contributed by atoms with Crippen LogP contribution in [0.2, 0.25) is 0 Å². The number of hydrogen-bond donors (Lipinski definition) is 1. The average Bonchev–Trinajstić information content (AvgIpc) is 2.83. The Labute approximate surface area is 123 Å². The first-order valence-corrected chi connectivity index (χ1v) is 8.07. The standard InChI is InChI=1S/C18H28N2/c1-4-15(5-2)13-20-14-16(11-12-19-6-3)17-9-7-8-10-18(17)20/h7-10,14-15,19H,4-6,11-13H2,1-3H3. The lowest BCUT2D eigenvalue weighted by Gasteiger charge is -2.14. The highest BCUT2D eigenvalue weighted by Gasteiger charge is 2.11. The summed E-state index contributed by atoms with van der Waals surface area (Å²) in [4.78, 5) is 0. The number of aromatic nitrogens is 1. The van der Waals surface area contributed by atoms with Crippen LogP contribution >= 0.6 is 0 Å². The number of rotatable bonds is 8. The first-order chi connectivity index (χ1) is 9.80. The molecule has 0 bridgehead atoms. The Hall–Kier alpha value is -1.28. The third-order valence-electron chi connectivity index (χ3n) is 4.30. The van der Waals surface area contributed by atoms with Gasteiger partial charge in [-0.1, -0.05) is 51.8 Å². The molecule has 110 valence electrons. The van der Waals surface area contributed by atoms with Crippen molar-refractivity contribution in [1.29, 1.82) is 0 Å². The van der Waals surface area contributed by atoms with E-state index in [4.69, 9.17) is 0 Å². The summed E-state index contributed by atoms with van der Waals surface area (Å²) in [7, 11) is 0. The maximum Gasteiger partial charge on any atom is 0.0483 e. The fourth-order valence-electron chi connectivity index (χ4n) is 2.90. The highest BCUT2D eigenvalue weighted by molar-refractivity contribution is 5.84. The zero-order valence-corrected chi connectivity index (χ0v) is 13.2. The van der Waals surface area contributed by atoms with Crippen LogP contribution in [0.15, 0.2) is 30.5 Å². The zero-order valence-electron chi connectivity index (χ0n) is 13.2. The molecule has 2 heteroatoms. The van der Waals surface area contributed by atoms with Crippen LogP contribution in [0.5, 0.6) is 0 Å². The number of fused-ring (bicyclic) bond motifs is 1. The van der Waals surface area contributed by atoms with Crippen molar-refractivity contribution in [3.8, 4) is 0 Å². The van der Waals surface area contributed by atoms with E-state index in [0.29, 0.717) is 0 Å². The lowest BCUT2D eigenvalue weighted by atomic mass is 10.0. The van der Waals surface area contributed by atoms with Gasteiger partial charge < -0.3 is 9.88 Å². The molecule has 1 aromatic heterocycles. The molecular weight excluding hydrogens is 244 g/mol. The molecule has 0 radical (unpaired) electrons. The van der Waals surface area contributed by atoms with E-state index in [0.717, 1.165) is 32.0 Å². The molecular formula is C18H28N2. The van der Waals surface area contributed by atoms with Gasteiger partial charge in [0.25, 0.3) is 0 Å². The molecule has 1 N–H and O–H groups in total. The molecule has 0 amide bonds. The SMILES string of the molecule is CCNCCc1cn(CC(CC)CC)c2ccccc12. The van der Waals surface area contributed by atoms with Gasteiger partial charge in [-0.3, -0.25) is 0 Å². The molecule has 20 heavy (non-hydrogen) atoms. The molecule has 0 fully saturated rings. The van der Waals surface area contributed by atoms with Crippen molar-refractivity contribution >= 4 is 10.9 Å². The molecule has 0 saturated heterocycles. The van der Waals surface area contributed by atoms with Crippen LogP contribution in [0.1, 0.15) is 39.2 Å². The fraction of sp³-hybridized carbons (Fsp3) is 0.556.